The molecular formula is C25H31N5O. The van der Waals surface area contributed by atoms with Gasteiger partial charge in [0.05, 0.1) is 5.69 Å². The first kappa shape index (κ1) is 22.3. The lowest BCUT2D eigenvalue weighted by molar-refractivity contribution is 0.188. The normalized spacial score (nSPS) is 12.5. The van der Waals surface area contributed by atoms with Gasteiger partial charge in [-0.05, 0) is 37.9 Å². The SMILES string of the molecule is C/C=C(\C)[C@H](c1nc(-c2ccccc2)cn1Cc1ccccc1)N(CCCN)C(N)=O. The number of carbonyl (C=O) groups excluding carboxylic acids is 1. The third-order valence-electron chi connectivity index (χ3n) is 5.40. The molecule has 6 nitrogen and oxygen atoms in total. The summed E-state index contributed by atoms with van der Waals surface area (Å²) in [5.41, 5.74) is 15.6. The fourth-order valence-electron chi connectivity index (χ4n) is 3.68. The summed E-state index contributed by atoms with van der Waals surface area (Å²) in [7, 11) is 0. The number of urea groups is 1. The van der Waals surface area contributed by atoms with Gasteiger partial charge in [-0.25, -0.2) is 9.78 Å². The van der Waals surface area contributed by atoms with Crippen molar-refractivity contribution in [3.05, 3.63) is 89.9 Å². The Labute approximate surface area is 184 Å². The molecule has 0 saturated carbocycles. The minimum absolute atomic E-state index is 0.366. The molecule has 3 rings (SSSR count). The van der Waals surface area contributed by atoms with Crippen LogP contribution in [0.25, 0.3) is 11.3 Å². The molecule has 1 atom stereocenters. The molecule has 1 aromatic heterocycles. The molecule has 0 unspecified atom stereocenters. The predicted molar refractivity (Wildman–Crippen MR) is 125 cm³/mol. The lowest BCUT2D eigenvalue weighted by atomic mass is 10.1. The molecule has 162 valence electrons. The Hall–Kier alpha value is -3.38. The topological polar surface area (TPSA) is 90.2 Å². The lowest BCUT2D eigenvalue weighted by Crippen LogP contribution is -2.41. The predicted octanol–water partition coefficient (Wildman–Crippen LogP) is 4.34. The molecule has 0 aliphatic carbocycles. The molecule has 0 aliphatic heterocycles. The molecule has 6 heteroatoms. The number of imidazole rings is 1. The van der Waals surface area contributed by atoms with Gasteiger partial charge in [-0.15, -0.1) is 0 Å². The van der Waals surface area contributed by atoms with Crippen LogP contribution in [-0.4, -0.2) is 33.6 Å². The third-order valence-corrected chi connectivity index (χ3v) is 5.40. The van der Waals surface area contributed by atoms with E-state index in [1.54, 1.807) is 4.90 Å². The number of allylic oxidation sites excluding steroid dienone is 1. The number of hydrogen-bond acceptors (Lipinski definition) is 3. The molecule has 2 amide bonds. The molecule has 0 aliphatic rings. The summed E-state index contributed by atoms with van der Waals surface area (Å²) in [6.07, 6.45) is 4.73. The zero-order valence-electron chi connectivity index (χ0n) is 18.2. The zero-order chi connectivity index (χ0) is 22.2. The summed E-state index contributed by atoms with van der Waals surface area (Å²) in [4.78, 5) is 19.1. The summed E-state index contributed by atoms with van der Waals surface area (Å²) >= 11 is 0. The molecule has 4 N–H and O–H groups in total. The van der Waals surface area contributed by atoms with E-state index in [0.717, 1.165) is 28.2 Å². The van der Waals surface area contributed by atoms with Crippen LogP contribution in [0.3, 0.4) is 0 Å². The molecule has 31 heavy (non-hydrogen) atoms. The van der Waals surface area contributed by atoms with E-state index in [-0.39, 0.29) is 6.04 Å². The van der Waals surface area contributed by atoms with Crippen LogP contribution in [0.4, 0.5) is 4.79 Å². The van der Waals surface area contributed by atoms with E-state index < -0.39 is 6.03 Å². The number of primary amides is 1. The molecule has 0 saturated heterocycles. The lowest BCUT2D eigenvalue weighted by Gasteiger charge is -2.31. The molecule has 2 aromatic carbocycles. The van der Waals surface area contributed by atoms with Crippen molar-refractivity contribution in [2.24, 2.45) is 11.5 Å². The van der Waals surface area contributed by atoms with Gasteiger partial charge in [0, 0.05) is 24.8 Å². The van der Waals surface area contributed by atoms with E-state index in [2.05, 4.69) is 22.9 Å². The maximum atomic E-state index is 12.4. The highest BCUT2D eigenvalue weighted by atomic mass is 16.2. The Morgan fingerprint density at radius 3 is 2.35 bits per heavy atom. The van der Waals surface area contributed by atoms with Crippen LogP contribution in [-0.2, 0) is 6.54 Å². The van der Waals surface area contributed by atoms with Crippen molar-refractivity contribution < 1.29 is 4.79 Å². The summed E-state index contributed by atoms with van der Waals surface area (Å²) in [5, 5.41) is 0. The van der Waals surface area contributed by atoms with E-state index in [4.69, 9.17) is 16.5 Å². The maximum Gasteiger partial charge on any atom is 0.315 e. The first-order valence-electron chi connectivity index (χ1n) is 10.6. The monoisotopic (exact) mass is 417 g/mol. The number of amides is 2. The van der Waals surface area contributed by atoms with Crippen molar-refractivity contribution in [2.45, 2.75) is 32.9 Å². The van der Waals surface area contributed by atoms with Crippen molar-refractivity contribution in [1.82, 2.24) is 14.5 Å². The van der Waals surface area contributed by atoms with Crippen LogP contribution in [0.5, 0.6) is 0 Å². The van der Waals surface area contributed by atoms with E-state index in [1.807, 2.05) is 68.5 Å². The van der Waals surface area contributed by atoms with Gasteiger partial charge >= 0.3 is 6.03 Å². The molecule has 0 fully saturated rings. The molecule has 0 radical (unpaired) electrons. The van der Waals surface area contributed by atoms with Crippen LogP contribution in [0.15, 0.2) is 78.5 Å². The smallest absolute Gasteiger partial charge is 0.315 e. The number of nitrogens with two attached hydrogens (primary N) is 2. The first-order chi connectivity index (χ1) is 15.0. The molecule has 0 bridgehead atoms. The van der Waals surface area contributed by atoms with E-state index >= 15 is 0 Å². The van der Waals surface area contributed by atoms with Crippen molar-refractivity contribution in [1.29, 1.82) is 0 Å². The Morgan fingerprint density at radius 2 is 1.77 bits per heavy atom. The average molecular weight is 418 g/mol. The molecule has 3 aromatic rings. The fourth-order valence-corrected chi connectivity index (χ4v) is 3.68. The number of benzene rings is 2. The molecular weight excluding hydrogens is 386 g/mol. The highest BCUT2D eigenvalue weighted by molar-refractivity contribution is 5.73. The first-order valence-corrected chi connectivity index (χ1v) is 10.6. The molecule has 1 heterocycles. The Kier molecular flexibility index (Phi) is 7.62. The summed E-state index contributed by atoms with van der Waals surface area (Å²) in [6.45, 7) is 5.58. The number of hydrogen-bond donors (Lipinski definition) is 2. The van der Waals surface area contributed by atoms with Crippen LogP contribution < -0.4 is 11.5 Å². The standard InChI is InChI=1S/C25H31N5O/c1-3-19(2)23(30(25(27)31)16-10-15-26)24-28-22(21-13-8-5-9-14-21)18-29(24)17-20-11-6-4-7-12-20/h3-9,11-14,18,23H,10,15-17,26H2,1-2H3,(H2,27,31)/b19-3+/t23-/m1/s1. The Morgan fingerprint density at radius 1 is 1.13 bits per heavy atom. The van der Waals surface area contributed by atoms with Gasteiger partial charge in [0.1, 0.15) is 11.9 Å². The van der Waals surface area contributed by atoms with Crippen LogP contribution in [0.1, 0.15) is 37.7 Å². The van der Waals surface area contributed by atoms with Crippen molar-refractivity contribution in [2.75, 3.05) is 13.1 Å². The van der Waals surface area contributed by atoms with E-state index in [0.29, 0.717) is 26.1 Å². The van der Waals surface area contributed by atoms with Crippen molar-refractivity contribution in [3.8, 4) is 11.3 Å². The van der Waals surface area contributed by atoms with Crippen LogP contribution in [0, 0.1) is 0 Å². The van der Waals surface area contributed by atoms with Crippen molar-refractivity contribution in [3.63, 3.8) is 0 Å². The van der Waals surface area contributed by atoms with Gasteiger partial charge in [0.15, 0.2) is 0 Å². The fraction of sp³-hybridized carbons (Fsp3) is 0.280. The summed E-state index contributed by atoms with van der Waals surface area (Å²) in [5.74, 6) is 0.786. The zero-order valence-corrected chi connectivity index (χ0v) is 18.2. The second-order valence-corrected chi connectivity index (χ2v) is 7.57. The summed E-state index contributed by atoms with van der Waals surface area (Å²) in [6, 6.07) is 19.4. The minimum atomic E-state index is -0.477. The minimum Gasteiger partial charge on any atom is -0.351 e. The van der Waals surface area contributed by atoms with Gasteiger partial charge in [0.25, 0.3) is 0 Å². The second-order valence-electron chi connectivity index (χ2n) is 7.57. The maximum absolute atomic E-state index is 12.4. The van der Waals surface area contributed by atoms with Crippen molar-refractivity contribution >= 4 is 6.03 Å². The van der Waals surface area contributed by atoms with Crippen LogP contribution in [0.2, 0.25) is 0 Å². The largest absolute Gasteiger partial charge is 0.351 e. The third kappa shape index (κ3) is 5.41. The Bertz CT molecular complexity index is 1010. The van der Waals surface area contributed by atoms with Gasteiger partial charge in [-0.3, -0.25) is 0 Å². The number of aromatic nitrogens is 2. The molecule has 0 spiro atoms. The van der Waals surface area contributed by atoms with Crippen LogP contribution >= 0.6 is 0 Å². The second kappa shape index (κ2) is 10.6. The number of nitrogens with zero attached hydrogens (tertiary/aromatic N) is 3. The highest BCUT2D eigenvalue weighted by Crippen LogP contribution is 2.31. The Balaban J connectivity index is 2.13. The van der Waals surface area contributed by atoms with Gasteiger partial charge < -0.3 is 20.9 Å². The number of carbonyl (C=O) groups is 1. The number of rotatable bonds is 9. The van der Waals surface area contributed by atoms with Gasteiger partial charge in [-0.2, -0.15) is 0 Å². The van der Waals surface area contributed by atoms with E-state index in [1.165, 1.54) is 0 Å². The average Bonchev–Trinajstić information content (AvgIpc) is 3.20. The van der Waals surface area contributed by atoms with E-state index in [9.17, 15) is 4.79 Å². The summed E-state index contributed by atoms with van der Waals surface area (Å²) < 4.78 is 2.12. The quantitative estimate of drug-likeness (QED) is 0.508. The highest BCUT2D eigenvalue weighted by Gasteiger charge is 2.29. The van der Waals surface area contributed by atoms with Gasteiger partial charge in [-0.1, -0.05) is 66.7 Å². The van der Waals surface area contributed by atoms with Gasteiger partial charge in [0.2, 0.25) is 0 Å².